The van der Waals surface area contributed by atoms with Crippen molar-refractivity contribution in [1.82, 2.24) is 0 Å². The van der Waals surface area contributed by atoms with Crippen LogP contribution in [0.1, 0.15) is 6.92 Å². The van der Waals surface area contributed by atoms with Crippen LogP contribution in [0, 0.1) is 0 Å². The van der Waals surface area contributed by atoms with E-state index in [1.807, 2.05) is 13.2 Å². The molecule has 0 unspecified atom stereocenters. The lowest BCUT2D eigenvalue weighted by atomic mass is 10.2. The van der Waals surface area contributed by atoms with Crippen LogP contribution >= 0.6 is 11.9 Å². The van der Waals surface area contributed by atoms with E-state index < -0.39 is 0 Å². The van der Waals surface area contributed by atoms with Gasteiger partial charge in [-0.05, 0) is 18.9 Å². The molecule has 0 N–H and O–H groups in total. The number of hydrogen-bond donors (Lipinski definition) is 0. The van der Waals surface area contributed by atoms with Crippen LogP contribution in [0.15, 0.2) is 26.5 Å². The molecule has 58 valence electrons. The molecule has 0 aromatic heterocycles. The average molecular weight is 167 g/mol. The zero-order valence-corrected chi connectivity index (χ0v) is 7.35. The summed E-state index contributed by atoms with van der Waals surface area (Å²) in [4.78, 5) is 7.95. The third-order valence-electron chi connectivity index (χ3n) is 1.32. The fraction of sp³-hybridized carbons (Fsp3) is 0.286. The van der Waals surface area contributed by atoms with Crippen LogP contribution in [-0.2, 0) is 0 Å². The first-order valence-corrected chi connectivity index (χ1v) is 4.31. The van der Waals surface area contributed by atoms with Crippen molar-refractivity contribution in [3.8, 4) is 0 Å². The van der Waals surface area contributed by atoms with Crippen molar-refractivity contribution in [2.75, 3.05) is 6.26 Å². The molecular formula is C7H9N3S. The molecule has 0 radical (unpaired) electrons. The van der Waals surface area contributed by atoms with Crippen LogP contribution < -0.4 is 0 Å². The van der Waals surface area contributed by atoms with Crippen LogP contribution in [0.2, 0.25) is 0 Å². The van der Waals surface area contributed by atoms with E-state index in [1.54, 1.807) is 0 Å². The molecule has 0 bridgehead atoms. The average Bonchev–Trinajstić information content (AvgIpc) is 1.99. The Morgan fingerprint density at radius 2 is 2.36 bits per heavy atom. The highest BCUT2D eigenvalue weighted by Crippen LogP contribution is 2.08. The molecule has 0 spiro atoms. The molecule has 1 rings (SSSR count). The van der Waals surface area contributed by atoms with E-state index in [2.05, 4.69) is 21.0 Å². The Morgan fingerprint density at radius 3 is 3.00 bits per heavy atom. The fourth-order valence-electron chi connectivity index (χ4n) is 0.653. The summed E-state index contributed by atoms with van der Waals surface area (Å²) in [5.74, 6) is 0.671. The van der Waals surface area contributed by atoms with Gasteiger partial charge in [0.25, 0.3) is 0 Å². The minimum Gasteiger partial charge on any atom is -0.241 e. The maximum absolute atomic E-state index is 4.07. The molecule has 0 saturated heterocycles. The molecule has 0 amide bonds. The lowest BCUT2D eigenvalue weighted by Gasteiger charge is -2.06. The van der Waals surface area contributed by atoms with Crippen molar-refractivity contribution in [1.29, 1.82) is 0 Å². The molecular weight excluding hydrogens is 158 g/mol. The zero-order valence-electron chi connectivity index (χ0n) is 6.53. The van der Waals surface area contributed by atoms with Crippen molar-refractivity contribution in [2.45, 2.75) is 6.92 Å². The van der Waals surface area contributed by atoms with Gasteiger partial charge in [0.05, 0.1) is 0 Å². The van der Waals surface area contributed by atoms with Gasteiger partial charge in [-0.2, -0.15) is 4.40 Å². The Labute approximate surface area is 70.2 Å². The lowest BCUT2D eigenvalue weighted by molar-refractivity contribution is 1.52. The number of rotatable bonds is 1. The minimum atomic E-state index is 0.671. The Morgan fingerprint density at radius 1 is 1.64 bits per heavy atom. The maximum atomic E-state index is 4.07. The molecule has 4 heteroatoms. The summed E-state index contributed by atoms with van der Waals surface area (Å²) in [6, 6.07) is 0. The smallest absolute Gasteiger partial charge is 0.169 e. The van der Waals surface area contributed by atoms with Gasteiger partial charge in [0, 0.05) is 17.5 Å². The highest BCUT2D eigenvalue weighted by Gasteiger charge is 2.08. The monoisotopic (exact) mass is 167 g/mol. The van der Waals surface area contributed by atoms with Gasteiger partial charge >= 0.3 is 0 Å². The molecule has 11 heavy (non-hydrogen) atoms. The van der Waals surface area contributed by atoms with Crippen LogP contribution in [0.5, 0.6) is 0 Å². The van der Waals surface area contributed by atoms with E-state index >= 15 is 0 Å². The van der Waals surface area contributed by atoms with Crippen LogP contribution in [0.25, 0.3) is 0 Å². The minimum absolute atomic E-state index is 0.671. The van der Waals surface area contributed by atoms with Gasteiger partial charge in [0.15, 0.2) is 5.84 Å². The summed E-state index contributed by atoms with van der Waals surface area (Å²) < 4.78 is 4.07. The summed E-state index contributed by atoms with van der Waals surface area (Å²) in [7, 11) is 0. The molecule has 3 nitrogen and oxygen atoms in total. The Kier molecular flexibility index (Phi) is 2.59. The van der Waals surface area contributed by atoms with Gasteiger partial charge < -0.3 is 0 Å². The lowest BCUT2D eigenvalue weighted by Crippen LogP contribution is -2.11. The van der Waals surface area contributed by atoms with E-state index in [9.17, 15) is 0 Å². The summed E-state index contributed by atoms with van der Waals surface area (Å²) in [6.07, 6.45) is 3.38. The van der Waals surface area contributed by atoms with Crippen LogP contribution in [-0.4, -0.2) is 24.1 Å². The molecule has 0 aliphatic carbocycles. The van der Waals surface area contributed by atoms with E-state index in [0.29, 0.717) is 5.84 Å². The van der Waals surface area contributed by atoms with Gasteiger partial charge in [0.1, 0.15) is 6.34 Å². The standard InChI is InChI=1S/C7H9N3S/c1-5-6(2)8-4-9-7(5)10-11-3/h4H,1H2,2-3H3/b10-7+. The van der Waals surface area contributed by atoms with E-state index in [1.165, 1.54) is 18.3 Å². The molecule has 0 atom stereocenters. The highest BCUT2D eigenvalue weighted by molar-refractivity contribution is 7.97. The van der Waals surface area contributed by atoms with E-state index in [4.69, 9.17) is 0 Å². The predicted molar refractivity (Wildman–Crippen MR) is 51.7 cm³/mol. The Bertz CT molecular complexity index is 263. The topological polar surface area (TPSA) is 37.1 Å². The Hall–Kier alpha value is -0.900. The SMILES string of the molecule is C=C1C(C)=NC=N/C1=N/SC. The molecule has 0 saturated carbocycles. The van der Waals surface area contributed by atoms with E-state index in [-0.39, 0.29) is 0 Å². The van der Waals surface area contributed by atoms with Crippen LogP contribution in [0.3, 0.4) is 0 Å². The van der Waals surface area contributed by atoms with Crippen LogP contribution in [0.4, 0.5) is 0 Å². The molecule has 0 aromatic rings. The van der Waals surface area contributed by atoms with Gasteiger partial charge in [-0.25, -0.2) is 9.98 Å². The third kappa shape index (κ3) is 1.77. The van der Waals surface area contributed by atoms with E-state index in [0.717, 1.165) is 11.3 Å². The van der Waals surface area contributed by atoms with Gasteiger partial charge in [0.2, 0.25) is 0 Å². The number of aliphatic imine (C=N–C) groups is 2. The third-order valence-corrected chi connectivity index (χ3v) is 1.67. The van der Waals surface area contributed by atoms with Crippen molar-refractivity contribution in [2.24, 2.45) is 14.4 Å². The normalized spacial score (nSPS) is 20.7. The molecule has 0 fully saturated rings. The fourth-order valence-corrected chi connectivity index (χ4v) is 0.983. The second-order valence-electron chi connectivity index (χ2n) is 2.04. The first kappa shape index (κ1) is 8.20. The highest BCUT2D eigenvalue weighted by atomic mass is 32.2. The maximum Gasteiger partial charge on any atom is 0.169 e. The quantitative estimate of drug-likeness (QED) is 0.548. The Balaban J connectivity index is 2.90. The van der Waals surface area contributed by atoms with Gasteiger partial charge in [-0.15, -0.1) is 0 Å². The second kappa shape index (κ2) is 3.48. The molecule has 1 aliphatic heterocycles. The zero-order chi connectivity index (χ0) is 8.27. The number of nitrogens with zero attached hydrogens (tertiary/aromatic N) is 3. The second-order valence-corrected chi connectivity index (χ2v) is 2.58. The summed E-state index contributed by atoms with van der Waals surface area (Å²) >= 11 is 1.37. The molecule has 1 heterocycles. The molecule has 1 aliphatic rings. The number of hydrogen-bond acceptors (Lipinski definition) is 3. The van der Waals surface area contributed by atoms with Crippen molar-refractivity contribution in [3.63, 3.8) is 0 Å². The summed E-state index contributed by atoms with van der Waals surface area (Å²) in [5, 5.41) is 0. The van der Waals surface area contributed by atoms with Crippen molar-refractivity contribution in [3.05, 3.63) is 12.2 Å². The molecule has 0 aromatic carbocycles. The van der Waals surface area contributed by atoms with Gasteiger partial charge in [-0.1, -0.05) is 6.58 Å². The predicted octanol–water partition coefficient (Wildman–Crippen LogP) is 1.72. The van der Waals surface area contributed by atoms with Crippen molar-refractivity contribution < 1.29 is 0 Å². The summed E-state index contributed by atoms with van der Waals surface area (Å²) in [6.45, 7) is 5.70. The van der Waals surface area contributed by atoms with Crippen molar-refractivity contribution >= 4 is 29.8 Å². The first-order valence-electron chi connectivity index (χ1n) is 3.13. The summed E-state index contributed by atoms with van der Waals surface area (Å²) in [5.41, 5.74) is 1.69. The largest absolute Gasteiger partial charge is 0.241 e. The van der Waals surface area contributed by atoms with Gasteiger partial charge in [-0.3, -0.25) is 0 Å². The first-order chi connectivity index (χ1) is 5.25. The number of amidine groups is 1.